The zero-order valence-electron chi connectivity index (χ0n) is 19.3. The molecule has 0 unspecified atom stereocenters. The molecule has 0 bridgehead atoms. The largest absolute Gasteiger partial charge is 0.490 e. The van der Waals surface area contributed by atoms with E-state index in [1.165, 1.54) is 17.9 Å². The van der Waals surface area contributed by atoms with Gasteiger partial charge in [-0.1, -0.05) is 35.0 Å². The molecule has 0 spiro atoms. The number of carbonyl (C=O) groups excluding carboxylic acids is 3. The molecule has 1 aliphatic heterocycles. The maximum absolute atomic E-state index is 13.5. The Morgan fingerprint density at radius 3 is 2.63 bits per heavy atom. The van der Waals surface area contributed by atoms with Crippen molar-refractivity contribution in [3.63, 3.8) is 0 Å². The molecule has 2 amide bonds. The first-order valence-corrected chi connectivity index (χ1v) is 11.3. The summed E-state index contributed by atoms with van der Waals surface area (Å²) in [5.41, 5.74) is 2.35. The van der Waals surface area contributed by atoms with Crippen molar-refractivity contribution >= 4 is 35.1 Å². The van der Waals surface area contributed by atoms with E-state index in [1.54, 1.807) is 30.0 Å². The highest BCUT2D eigenvalue weighted by Gasteiger charge is 2.31. The van der Waals surface area contributed by atoms with Crippen LogP contribution in [0.2, 0.25) is 5.02 Å². The minimum absolute atomic E-state index is 0.102. The molecule has 0 radical (unpaired) electrons. The molecule has 35 heavy (non-hydrogen) atoms. The highest BCUT2D eigenvalue weighted by atomic mass is 35.5. The number of fused-ring (bicyclic) bond motifs is 1. The van der Waals surface area contributed by atoms with E-state index < -0.39 is 11.9 Å². The Hall–Kier alpha value is -3.85. The van der Waals surface area contributed by atoms with Crippen molar-refractivity contribution in [2.75, 3.05) is 24.7 Å². The van der Waals surface area contributed by atoms with Crippen LogP contribution in [-0.2, 0) is 27.4 Å². The lowest BCUT2D eigenvalue weighted by Gasteiger charge is -2.23. The van der Waals surface area contributed by atoms with Crippen LogP contribution in [0.5, 0.6) is 5.75 Å². The number of hydrogen-bond donors (Lipinski definition) is 0. The second-order valence-corrected chi connectivity index (χ2v) is 8.44. The maximum Gasteiger partial charge on any atom is 0.302 e. The number of aryl methyl sites for hydroxylation is 1. The summed E-state index contributed by atoms with van der Waals surface area (Å²) in [5.74, 6) is 0.0701. The minimum atomic E-state index is -0.401. The summed E-state index contributed by atoms with van der Waals surface area (Å²) in [7, 11) is 0. The number of aromatic nitrogens is 1. The van der Waals surface area contributed by atoms with Gasteiger partial charge in [-0.3, -0.25) is 19.3 Å². The topological polar surface area (TPSA) is 102 Å². The number of ether oxygens (including phenoxy) is 2. The highest BCUT2D eigenvalue weighted by molar-refractivity contribution is 6.34. The smallest absolute Gasteiger partial charge is 0.302 e. The Morgan fingerprint density at radius 2 is 1.91 bits per heavy atom. The second kappa shape index (κ2) is 10.6. The van der Waals surface area contributed by atoms with Gasteiger partial charge in [0.2, 0.25) is 5.91 Å². The zero-order chi connectivity index (χ0) is 24.9. The molecule has 0 saturated carbocycles. The van der Waals surface area contributed by atoms with Crippen molar-refractivity contribution in [2.24, 2.45) is 0 Å². The minimum Gasteiger partial charge on any atom is -0.490 e. The molecule has 0 N–H and O–H groups in total. The number of rotatable bonds is 7. The fourth-order valence-corrected chi connectivity index (χ4v) is 4.04. The van der Waals surface area contributed by atoms with Crippen molar-refractivity contribution in [3.8, 4) is 5.75 Å². The molecule has 1 aliphatic rings. The molecule has 0 aliphatic carbocycles. The van der Waals surface area contributed by atoms with Crippen molar-refractivity contribution in [2.45, 2.75) is 26.9 Å². The van der Waals surface area contributed by atoms with Crippen LogP contribution in [0.25, 0.3) is 0 Å². The van der Waals surface area contributed by atoms with Gasteiger partial charge >= 0.3 is 5.97 Å². The van der Waals surface area contributed by atoms with E-state index in [4.69, 9.17) is 25.6 Å². The van der Waals surface area contributed by atoms with Crippen molar-refractivity contribution in [1.82, 2.24) is 10.1 Å². The van der Waals surface area contributed by atoms with Crippen LogP contribution in [0.4, 0.5) is 5.69 Å². The molecule has 1 aromatic heterocycles. The number of carbonyl (C=O) groups is 3. The molecule has 2 aromatic carbocycles. The Morgan fingerprint density at radius 1 is 1.11 bits per heavy atom. The zero-order valence-corrected chi connectivity index (χ0v) is 20.1. The van der Waals surface area contributed by atoms with Crippen molar-refractivity contribution < 1.29 is 28.4 Å². The van der Waals surface area contributed by atoms with Gasteiger partial charge in [0.15, 0.2) is 0 Å². The fourth-order valence-electron chi connectivity index (χ4n) is 3.78. The summed E-state index contributed by atoms with van der Waals surface area (Å²) in [5, 5.41) is 4.17. The first-order valence-electron chi connectivity index (χ1n) is 11.0. The molecular formula is C25H24ClN3O6. The van der Waals surface area contributed by atoms with Crippen LogP contribution >= 0.6 is 11.6 Å². The molecule has 0 atom stereocenters. The monoisotopic (exact) mass is 497 g/mol. The SMILES string of the molecule is CC(=O)OCCOc1ccc(C(=O)N2CC(=O)N(Cc3cc(C)on3)Cc3ccccc32)c(Cl)c1. The number of hydrogen-bond acceptors (Lipinski definition) is 7. The lowest BCUT2D eigenvalue weighted by atomic mass is 10.1. The van der Waals surface area contributed by atoms with E-state index in [1.807, 2.05) is 24.3 Å². The molecule has 3 aromatic rings. The number of amides is 2. The van der Waals surface area contributed by atoms with E-state index in [0.717, 1.165) is 5.56 Å². The average Bonchev–Trinajstić information content (AvgIpc) is 3.18. The summed E-state index contributed by atoms with van der Waals surface area (Å²) in [6.45, 7) is 3.81. The van der Waals surface area contributed by atoms with Gasteiger partial charge in [-0.25, -0.2) is 0 Å². The van der Waals surface area contributed by atoms with E-state index in [2.05, 4.69) is 5.16 Å². The first kappa shape index (κ1) is 24.3. The third kappa shape index (κ3) is 5.81. The average molecular weight is 498 g/mol. The van der Waals surface area contributed by atoms with Crippen LogP contribution in [0.15, 0.2) is 53.1 Å². The Bertz CT molecular complexity index is 1260. The molecule has 0 fully saturated rings. The number of para-hydroxylation sites is 1. The maximum atomic E-state index is 13.5. The number of benzene rings is 2. The first-order chi connectivity index (χ1) is 16.8. The third-order valence-electron chi connectivity index (χ3n) is 5.39. The molecule has 0 saturated heterocycles. The van der Waals surface area contributed by atoms with E-state index in [0.29, 0.717) is 29.4 Å². The predicted molar refractivity (Wildman–Crippen MR) is 127 cm³/mol. The van der Waals surface area contributed by atoms with E-state index >= 15 is 0 Å². The van der Waals surface area contributed by atoms with Crippen molar-refractivity contribution in [3.05, 3.63) is 76.1 Å². The molecule has 9 nitrogen and oxygen atoms in total. The number of anilines is 1. The summed E-state index contributed by atoms with van der Waals surface area (Å²) in [6, 6.07) is 13.8. The van der Waals surface area contributed by atoms with Crippen LogP contribution in [-0.4, -0.2) is 47.6 Å². The summed E-state index contributed by atoms with van der Waals surface area (Å²) >= 11 is 6.42. The van der Waals surface area contributed by atoms with Gasteiger partial charge in [0, 0.05) is 25.2 Å². The van der Waals surface area contributed by atoms with Crippen LogP contribution in [0.1, 0.15) is 34.3 Å². The molecule has 182 valence electrons. The Balaban J connectivity index is 1.54. The molecule has 10 heteroatoms. The molecule has 2 heterocycles. The van der Waals surface area contributed by atoms with Gasteiger partial charge in [0.05, 0.1) is 17.1 Å². The van der Waals surface area contributed by atoms with Gasteiger partial charge in [0.1, 0.15) is 37.0 Å². The van der Waals surface area contributed by atoms with Gasteiger partial charge < -0.3 is 18.9 Å². The number of halogens is 1. The summed E-state index contributed by atoms with van der Waals surface area (Å²) in [4.78, 5) is 40.6. The normalized spacial score (nSPS) is 13.3. The molecular weight excluding hydrogens is 474 g/mol. The van der Waals surface area contributed by atoms with E-state index in [-0.39, 0.29) is 42.8 Å². The second-order valence-electron chi connectivity index (χ2n) is 8.03. The van der Waals surface area contributed by atoms with Gasteiger partial charge in [-0.05, 0) is 36.8 Å². The summed E-state index contributed by atoms with van der Waals surface area (Å²) in [6.07, 6.45) is 0. The quantitative estimate of drug-likeness (QED) is 0.361. The number of esters is 1. The summed E-state index contributed by atoms with van der Waals surface area (Å²) < 4.78 is 15.5. The number of nitrogens with zero attached hydrogens (tertiary/aromatic N) is 3. The Kier molecular flexibility index (Phi) is 7.36. The van der Waals surface area contributed by atoms with Crippen LogP contribution in [0, 0.1) is 6.92 Å². The van der Waals surface area contributed by atoms with Crippen LogP contribution in [0.3, 0.4) is 0 Å². The Labute approximate surface area is 207 Å². The third-order valence-corrected chi connectivity index (χ3v) is 5.71. The highest BCUT2D eigenvalue weighted by Crippen LogP contribution is 2.30. The van der Waals surface area contributed by atoms with E-state index in [9.17, 15) is 14.4 Å². The van der Waals surface area contributed by atoms with Gasteiger partial charge in [0.25, 0.3) is 5.91 Å². The van der Waals surface area contributed by atoms with Crippen molar-refractivity contribution in [1.29, 1.82) is 0 Å². The van der Waals surface area contributed by atoms with Crippen LogP contribution < -0.4 is 9.64 Å². The van der Waals surface area contributed by atoms with Gasteiger partial charge in [-0.15, -0.1) is 0 Å². The fraction of sp³-hybridized carbons (Fsp3) is 0.280. The molecule has 4 rings (SSSR count). The lowest BCUT2D eigenvalue weighted by Crippen LogP contribution is -2.40. The standard InChI is InChI=1S/C25H24ClN3O6/c1-16-11-19(27-35-16)14-28-13-18-5-3-4-6-23(18)29(15-24(28)31)25(32)21-8-7-20(12-22(21)26)34-10-9-33-17(2)30/h3-8,11-12H,9-10,13-15H2,1-2H3. The predicted octanol–water partition coefficient (Wildman–Crippen LogP) is 3.77. The lowest BCUT2D eigenvalue weighted by molar-refractivity contribution is -0.141. The van der Waals surface area contributed by atoms with Gasteiger partial charge in [-0.2, -0.15) is 0 Å².